The summed E-state index contributed by atoms with van der Waals surface area (Å²) < 4.78 is 5.32. The number of morpholine rings is 1. The van der Waals surface area contributed by atoms with Crippen LogP contribution in [0.5, 0.6) is 0 Å². The molecule has 1 atom stereocenters. The van der Waals surface area contributed by atoms with E-state index in [9.17, 15) is 5.26 Å². The molecular formula is C11H18N2O. The second kappa shape index (κ2) is 3.22. The molecule has 0 bridgehead atoms. The average molecular weight is 194 g/mol. The van der Waals surface area contributed by atoms with Gasteiger partial charge in [-0.05, 0) is 25.2 Å². The van der Waals surface area contributed by atoms with Gasteiger partial charge in [-0.15, -0.1) is 0 Å². The summed E-state index contributed by atoms with van der Waals surface area (Å²) in [5.74, 6) is 0. The van der Waals surface area contributed by atoms with Crippen molar-refractivity contribution in [1.29, 1.82) is 5.26 Å². The number of ether oxygens (including phenoxy) is 1. The first-order chi connectivity index (χ1) is 6.62. The molecule has 3 nitrogen and oxygen atoms in total. The minimum Gasteiger partial charge on any atom is -0.379 e. The molecule has 0 N–H and O–H groups in total. The molecule has 2 rings (SSSR count). The van der Waals surface area contributed by atoms with Crippen LogP contribution in [0.4, 0.5) is 0 Å². The van der Waals surface area contributed by atoms with Crippen molar-refractivity contribution >= 4 is 0 Å². The van der Waals surface area contributed by atoms with Crippen molar-refractivity contribution in [2.75, 3.05) is 26.3 Å². The molecule has 0 spiro atoms. The van der Waals surface area contributed by atoms with Gasteiger partial charge in [0.2, 0.25) is 0 Å². The zero-order chi connectivity index (χ0) is 10.2. The maximum Gasteiger partial charge on any atom is 0.111 e. The fourth-order valence-electron chi connectivity index (χ4n) is 2.27. The molecule has 14 heavy (non-hydrogen) atoms. The third kappa shape index (κ3) is 1.34. The summed E-state index contributed by atoms with van der Waals surface area (Å²) in [4.78, 5) is 2.30. The summed E-state index contributed by atoms with van der Waals surface area (Å²) in [5, 5.41) is 9.38. The molecule has 1 saturated carbocycles. The van der Waals surface area contributed by atoms with E-state index in [1.165, 1.54) is 12.8 Å². The molecule has 0 amide bonds. The van der Waals surface area contributed by atoms with Crippen LogP contribution < -0.4 is 0 Å². The number of hydrogen-bond acceptors (Lipinski definition) is 3. The van der Waals surface area contributed by atoms with E-state index in [0.29, 0.717) is 0 Å². The highest BCUT2D eigenvalue weighted by atomic mass is 16.5. The lowest BCUT2D eigenvalue weighted by Crippen LogP contribution is -2.55. The van der Waals surface area contributed by atoms with E-state index in [0.717, 1.165) is 26.3 Å². The first-order valence-corrected chi connectivity index (χ1v) is 5.36. The minimum absolute atomic E-state index is 0.221. The van der Waals surface area contributed by atoms with Gasteiger partial charge in [0, 0.05) is 13.1 Å². The lowest BCUT2D eigenvalue weighted by Gasteiger charge is -2.42. The van der Waals surface area contributed by atoms with Gasteiger partial charge in [0.15, 0.2) is 0 Å². The maximum atomic E-state index is 9.38. The standard InChI is InChI=1S/C11H18N2O/c1-10(3-4-10)11(2,9-12)13-5-7-14-8-6-13/h3-8H2,1-2H3. The Labute approximate surface area is 85.6 Å². The predicted octanol–water partition coefficient (Wildman–Crippen LogP) is 1.40. The molecule has 1 unspecified atom stereocenters. The molecule has 78 valence electrons. The van der Waals surface area contributed by atoms with E-state index in [4.69, 9.17) is 4.74 Å². The summed E-state index contributed by atoms with van der Waals surface area (Å²) in [6, 6.07) is 2.52. The van der Waals surface area contributed by atoms with Crippen molar-refractivity contribution in [3.05, 3.63) is 0 Å². The zero-order valence-corrected chi connectivity index (χ0v) is 9.05. The van der Waals surface area contributed by atoms with Gasteiger partial charge in [-0.25, -0.2) is 0 Å². The Morgan fingerprint density at radius 2 is 1.93 bits per heavy atom. The first-order valence-electron chi connectivity index (χ1n) is 5.36. The highest BCUT2D eigenvalue weighted by molar-refractivity contribution is 5.20. The van der Waals surface area contributed by atoms with Gasteiger partial charge >= 0.3 is 0 Å². The van der Waals surface area contributed by atoms with Gasteiger partial charge in [-0.3, -0.25) is 4.90 Å². The molecule has 2 aliphatic rings. The Bertz CT molecular complexity index is 261. The van der Waals surface area contributed by atoms with Crippen LogP contribution in [-0.2, 0) is 4.74 Å². The molecule has 1 aliphatic heterocycles. The van der Waals surface area contributed by atoms with E-state index in [1.54, 1.807) is 0 Å². The van der Waals surface area contributed by atoms with Gasteiger partial charge in [-0.2, -0.15) is 5.26 Å². The number of nitrogens with zero attached hydrogens (tertiary/aromatic N) is 2. The van der Waals surface area contributed by atoms with Gasteiger partial charge < -0.3 is 4.74 Å². The Balaban J connectivity index is 2.15. The van der Waals surface area contributed by atoms with Crippen LogP contribution in [0.1, 0.15) is 26.7 Å². The molecule has 2 fully saturated rings. The predicted molar refractivity (Wildman–Crippen MR) is 53.8 cm³/mol. The first kappa shape index (κ1) is 9.95. The average Bonchev–Trinajstić information content (AvgIpc) is 2.98. The van der Waals surface area contributed by atoms with Crippen molar-refractivity contribution in [3.63, 3.8) is 0 Å². The van der Waals surface area contributed by atoms with Gasteiger partial charge in [-0.1, -0.05) is 6.92 Å². The minimum atomic E-state index is -0.281. The molecule has 0 aromatic heterocycles. The van der Waals surface area contributed by atoms with Gasteiger partial charge in [0.1, 0.15) is 5.54 Å². The molecule has 0 aromatic carbocycles. The fourth-order valence-corrected chi connectivity index (χ4v) is 2.27. The largest absolute Gasteiger partial charge is 0.379 e. The van der Waals surface area contributed by atoms with Gasteiger partial charge in [0.25, 0.3) is 0 Å². The van der Waals surface area contributed by atoms with Crippen molar-refractivity contribution in [2.24, 2.45) is 5.41 Å². The summed E-state index contributed by atoms with van der Waals surface area (Å²) in [5.41, 5.74) is -0.0597. The Hall–Kier alpha value is -0.590. The SMILES string of the molecule is CC1(C(C)(C#N)N2CCOCC2)CC1. The van der Waals surface area contributed by atoms with Crippen molar-refractivity contribution in [1.82, 2.24) is 4.90 Å². The van der Waals surface area contributed by atoms with Crippen LogP contribution in [0.2, 0.25) is 0 Å². The lowest BCUT2D eigenvalue weighted by atomic mass is 9.83. The molecule has 1 heterocycles. The summed E-state index contributed by atoms with van der Waals surface area (Å²) in [7, 11) is 0. The molecule has 0 radical (unpaired) electrons. The van der Waals surface area contributed by atoms with Crippen LogP contribution in [0.3, 0.4) is 0 Å². The number of hydrogen-bond donors (Lipinski definition) is 0. The Morgan fingerprint density at radius 3 is 2.36 bits per heavy atom. The zero-order valence-electron chi connectivity index (χ0n) is 9.05. The van der Waals surface area contributed by atoms with Crippen LogP contribution in [0.15, 0.2) is 0 Å². The van der Waals surface area contributed by atoms with E-state index < -0.39 is 0 Å². The fraction of sp³-hybridized carbons (Fsp3) is 0.909. The third-order valence-electron chi connectivity index (χ3n) is 4.04. The van der Waals surface area contributed by atoms with Crippen molar-refractivity contribution < 1.29 is 4.74 Å². The number of nitriles is 1. The summed E-state index contributed by atoms with van der Waals surface area (Å²) in [6.45, 7) is 7.66. The van der Waals surface area contributed by atoms with Crippen LogP contribution in [0.25, 0.3) is 0 Å². The second-order valence-electron chi connectivity index (χ2n) is 4.84. The quantitative estimate of drug-likeness (QED) is 0.666. The van der Waals surface area contributed by atoms with E-state index >= 15 is 0 Å². The second-order valence-corrected chi connectivity index (χ2v) is 4.84. The molecular weight excluding hydrogens is 176 g/mol. The molecule has 1 saturated heterocycles. The van der Waals surface area contributed by atoms with Crippen LogP contribution in [-0.4, -0.2) is 36.7 Å². The molecule has 3 heteroatoms. The summed E-state index contributed by atoms with van der Waals surface area (Å²) in [6.07, 6.45) is 2.38. The van der Waals surface area contributed by atoms with Gasteiger partial charge in [0.05, 0.1) is 19.3 Å². The van der Waals surface area contributed by atoms with E-state index in [1.807, 2.05) is 0 Å². The van der Waals surface area contributed by atoms with Crippen LogP contribution >= 0.6 is 0 Å². The molecule has 0 aromatic rings. The topological polar surface area (TPSA) is 36.3 Å². The summed E-state index contributed by atoms with van der Waals surface area (Å²) >= 11 is 0. The normalized spacial score (nSPS) is 30.4. The van der Waals surface area contributed by atoms with E-state index in [-0.39, 0.29) is 11.0 Å². The Kier molecular flexibility index (Phi) is 2.29. The Morgan fingerprint density at radius 1 is 1.36 bits per heavy atom. The highest BCUT2D eigenvalue weighted by Crippen LogP contribution is 2.55. The smallest absolute Gasteiger partial charge is 0.111 e. The van der Waals surface area contributed by atoms with E-state index in [2.05, 4.69) is 24.8 Å². The highest BCUT2D eigenvalue weighted by Gasteiger charge is 2.56. The lowest BCUT2D eigenvalue weighted by molar-refractivity contribution is -0.0191. The number of rotatable bonds is 2. The van der Waals surface area contributed by atoms with Crippen molar-refractivity contribution in [3.8, 4) is 6.07 Å². The van der Waals surface area contributed by atoms with Crippen molar-refractivity contribution in [2.45, 2.75) is 32.2 Å². The molecule has 1 aliphatic carbocycles. The maximum absolute atomic E-state index is 9.38. The third-order valence-corrected chi connectivity index (χ3v) is 4.04. The van der Waals surface area contributed by atoms with Crippen LogP contribution in [0, 0.1) is 16.7 Å². The monoisotopic (exact) mass is 194 g/mol.